The molecule has 0 aliphatic rings. The van der Waals surface area contributed by atoms with Gasteiger partial charge in [0.2, 0.25) is 9.05 Å². The Balaban J connectivity index is 0.00000121. The molecule has 68 valence electrons. The molecule has 12 heavy (non-hydrogen) atoms. The third-order valence-electron chi connectivity index (χ3n) is 1.05. The maximum atomic E-state index is 10.5. The van der Waals surface area contributed by atoms with Crippen LogP contribution in [0.25, 0.3) is 0 Å². The monoisotopic (exact) mass is 226 g/mol. The van der Waals surface area contributed by atoms with E-state index in [4.69, 9.17) is 10.7 Å². The SMILES string of the molecule is O=S(=O)(Cl)Cc1ccccn1.[Cl-]. The molecule has 0 fully saturated rings. The lowest BCUT2D eigenvalue weighted by atomic mass is 10.4. The van der Waals surface area contributed by atoms with E-state index in [0.717, 1.165) is 0 Å². The van der Waals surface area contributed by atoms with Gasteiger partial charge in [-0.3, -0.25) is 4.98 Å². The van der Waals surface area contributed by atoms with Gasteiger partial charge < -0.3 is 12.4 Å². The first-order valence-corrected chi connectivity index (χ1v) is 5.38. The van der Waals surface area contributed by atoms with Crippen molar-refractivity contribution in [3.05, 3.63) is 30.1 Å². The van der Waals surface area contributed by atoms with E-state index in [9.17, 15) is 8.42 Å². The normalized spacial score (nSPS) is 10.4. The number of aromatic nitrogens is 1. The minimum absolute atomic E-state index is 0. The zero-order valence-electron chi connectivity index (χ0n) is 5.94. The minimum atomic E-state index is -3.47. The van der Waals surface area contributed by atoms with Crippen molar-refractivity contribution in [2.45, 2.75) is 5.75 Å². The van der Waals surface area contributed by atoms with Crippen LogP contribution < -0.4 is 12.4 Å². The topological polar surface area (TPSA) is 47.0 Å². The molecule has 1 aromatic heterocycles. The summed E-state index contributed by atoms with van der Waals surface area (Å²) in [5.74, 6) is -0.213. The first kappa shape index (κ1) is 11.7. The van der Waals surface area contributed by atoms with Gasteiger partial charge in [-0.15, -0.1) is 0 Å². The van der Waals surface area contributed by atoms with Crippen molar-refractivity contribution in [2.75, 3.05) is 0 Å². The predicted molar refractivity (Wildman–Crippen MR) is 42.7 cm³/mol. The van der Waals surface area contributed by atoms with Gasteiger partial charge in [-0.25, -0.2) is 8.42 Å². The highest BCUT2D eigenvalue weighted by atomic mass is 35.7. The van der Waals surface area contributed by atoms with Gasteiger partial charge >= 0.3 is 0 Å². The Hall–Kier alpha value is -0.320. The molecule has 0 bridgehead atoms. The van der Waals surface area contributed by atoms with Gasteiger partial charge in [0.05, 0.1) is 5.69 Å². The second-order valence-electron chi connectivity index (χ2n) is 2.00. The molecule has 0 amide bonds. The molecular weight excluding hydrogens is 221 g/mol. The summed E-state index contributed by atoms with van der Waals surface area (Å²) in [5, 5.41) is 0. The van der Waals surface area contributed by atoms with E-state index in [2.05, 4.69) is 4.98 Å². The Morgan fingerprint density at radius 2 is 2.08 bits per heavy atom. The minimum Gasteiger partial charge on any atom is -1.00 e. The molecule has 1 heterocycles. The molecule has 3 nitrogen and oxygen atoms in total. The number of rotatable bonds is 2. The van der Waals surface area contributed by atoms with Gasteiger partial charge in [0.25, 0.3) is 0 Å². The van der Waals surface area contributed by atoms with E-state index in [1.54, 1.807) is 18.2 Å². The number of hydrogen-bond acceptors (Lipinski definition) is 3. The smallest absolute Gasteiger partial charge is 0.238 e. The maximum absolute atomic E-state index is 10.5. The zero-order chi connectivity index (χ0) is 8.32. The van der Waals surface area contributed by atoms with Crippen molar-refractivity contribution in [1.29, 1.82) is 0 Å². The fourth-order valence-corrected chi connectivity index (χ4v) is 1.52. The molecule has 0 aliphatic carbocycles. The molecule has 0 aliphatic heterocycles. The first-order chi connectivity index (χ1) is 5.08. The lowest BCUT2D eigenvalue weighted by Crippen LogP contribution is -3.00. The molecule has 0 aromatic carbocycles. The number of hydrogen-bond donors (Lipinski definition) is 0. The fourth-order valence-electron chi connectivity index (χ4n) is 0.660. The lowest BCUT2D eigenvalue weighted by molar-refractivity contribution is -0.00000468. The van der Waals surface area contributed by atoms with Crippen molar-refractivity contribution in [3.63, 3.8) is 0 Å². The van der Waals surface area contributed by atoms with Gasteiger partial charge in [-0.2, -0.15) is 0 Å². The predicted octanol–water partition coefficient (Wildman–Crippen LogP) is -1.85. The van der Waals surface area contributed by atoms with E-state index in [-0.39, 0.29) is 18.2 Å². The number of nitrogens with zero attached hydrogens (tertiary/aromatic N) is 1. The van der Waals surface area contributed by atoms with Gasteiger partial charge in [-0.1, -0.05) is 6.07 Å². The standard InChI is InChI=1S/C6H6ClNO2S.ClH/c7-11(9,10)5-6-3-1-2-4-8-6;/h1-4H,5H2;1H/p-1. The van der Waals surface area contributed by atoms with E-state index >= 15 is 0 Å². The Bertz CT molecular complexity index is 325. The van der Waals surface area contributed by atoms with Crippen LogP contribution >= 0.6 is 10.7 Å². The second kappa shape index (κ2) is 4.64. The van der Waals surface area contributed by atoms with Crippen LogP contribution in [0, 0.1) is 0 Å². The van der Waals surface area contributed by atoms with E-state index in [1.165, 1.54) is 6.20 Å². The average Bonchev–Trinajstić information content (AvgIpc) is 1.85. The average molecular weight is 227 g/mol. The van der Waals surface area contributed by atoms with Crippen LogP contribution in [0.15, 0.2) is 24.4 Å². The van der Waals surface area contributed by atoms with E-state index in [0.29, 0.717) is 5.69 Å². The molecular formula is C6H6Cl2NO2S-. The largest absolute Gasteiger partial charge is 1.00 e. The number of halogens is 2. The molecule has 0 atom stereocenters. The van der Waals surface area contributed by atoms with Crippen LogP contribution in [0.4, 0.5) is 0 Å². The molecule has 0 saturated heterocycles. The summed E-state index contributed by atoms with van der Waals surface area (Å²) >= 11 is 0. The van der Waals surface area contributed by atoms with Crippen molar-refractivity contribution in [2.24, 2.45) is 0 Å². The van der Waals surface area contributed by atoms with Crippen molar-refractivity contribution < 1.29 is 20.8 Å². The Labute approximate surface area is 81.6 Å². The summed E-state index contributed by atoms with van der Waals surface area (Å²) in [6.07, 6.45) is 1.53. The van der Waals surface area contributed by atoms with Crippen LogP contribution in [-0.4, -0.2) is 13.4 Å². The van der Waals surface area contributed by atoms with Gasteiger partial charge in [0.1, 0.15) is 5.75 Å². The zero-order valence-corrected chi connectivity index (χ0v) is 8.27. The highest BCUT2D eigenvalue weighted by Gasteiger charge is 2.06. The van der Waals surface area contributed by atoms with Crippen molar-refractivity contribution >= 4 is 19.7 Å². The van der Waals surface area contributed by atoms with Crippen molar-refractivity contribution in [3.8, 4) is 0 Å². The van der Waals surface area contributed by atoms with Gasteiger partial charge in [-0.05, 0) is 12.1 Å². The summed E-state index contributed by atoms with van der Waals surface area (Å²) < 4.78 is 21.1. The molecule has 0 radical (unpaired) electrons. The Morgan fingerprint density at radius 1 is 1.42 bits per heavy atom. The Kier molecular flexibility index (Phi) is 4.52. The summed E-state index contributed by atoms with van der Waals surface area (Å²) in [6.45, 7) is 0. The molecule has 0 N–H and O–H groups in total. The molecule has 0 unspecified atom stereocenters. The van der Waals surface area contributed by atoms with Crippen LogP contribution in [0.3, 0.4) is 0 Å². The van der Waals surface area contributed by atoms with Crippen LogP contribution in [0.5, 0.6) is 0 Å². The summed E-state index contributed by atoms with van der Waals surface area (Å²) in [6, 6.07) is 5.04. The maximum Gasteiger partial charge on any atom is 0.238 e. The van der Waals surface area contributed by atoms with Crippen molar-refractivity contribution in [1.82, 2.24) is 4.98 Å². The highest BCUT2D eigenvalue weighted by Crippen LogP contribution is 2.05. The second-order valence-corrected chi connectivity index (χ2v) is 4.78. The molecule has 1 rings (SSSR count). The molecule has 6 heteroatoms. The summed E-state index contributed by atoms with van der Waals surface area (Å²) in [7, 11) is 1.53. The summed E-state index contributed by atoms with van der Waals surface area (Å²) in [4.78, 5) is 3.80. The van der Waals surface area contributed by atoms with Crippen LogP contribution in [0.2, 0.25) is 0 Å². The lowest BCUT2D eigenvalue weighted by Gasteiger charge is -1.93. The summed E-state index contributed by atoms with van der Waals surface area (Å²) in [5.41, 5.74) is 0.461. The van der Waals surface area contributed by atoms with Crippen LogP contribution in [-0.2, 0) is 14.8 Å². The molecule has 0 spiro atoms. The first-order valence-electron chi connectivity index (χ1n) is 2.90. The Morgan fingerprint density at radius 3 is 2.50 bits per heavy atom. The van der Waals surface area contributed by atoms with E-state index < -0.39 is 9.05 Å². The van der Waals surface area contributed by atoms with E-state index in [1.807, 2.05) is 0 Å². The quantitative estimate of drug-likeness (QED) is 0.557. The fraction of sp³-hybridized carbons (Fsp3) is 0.167. The highest BCUT2D eigenvalue weighted by molar-refractivity contribution is 8.13. The molecule has 0 saturated carbocycles. The van der Waals surface area contributed by atoms with Crippen LogP contribution in [0.1, 0.15) is 5.69 Å². The third-order valence-corrected chi connectivity index (χ3v) is 2.01. The third kappa shape index (κ3) is 4.54. The number of pyridine rings is 1. The molecule has 1 aromatic rings. The van der Waals surface area contributed by atoms with Gasteiger partial charge in [0, 0.05) is 16.9 Å². The van der Waals surface area contributed by atoms with Gasteiger partial charge in [0.15, 0.2) is 0 Å².